The van der Waals surface area contributed by atoms with Crippen LogP contribution in [0.3, 0.4) is 0 Å². The van der Waals surface area contributed by atoms with E-state index in [9.17, 15) is 14.3 Å². The van der Waals surface area contributed by atoms with Gasteiger partial charge in [0.25, 0.3) is 5.91 Å². The second-order valence-corrected chi connectivity index (χ2v) is 8.00. The summed E-state index contributed by atoms with van der Waals surface area (Å²) in [7, 11) is 0. The van der Waals surface area contributed by atoms with E-state index >= 15 is 0 Å². The molecule has 4 rings (SSSR count). The zero-order chi connectivity index (χ0) is 20.7. The number of fused-ring (bicyclic) bond motifs is 1. The van der Waals surface area contributed by atoms with Crippen molar-refractivity contribution in [3.63, 3.8) is 0 Å². The van der Waals surface area contributed by atoms with Crippen molar-refractivity contribution in [2.75, 3.05) is 13.2 Å². The summed E-state index contributed by atoms with van der Waals surface area (Å²) in [6, 6.07) is 3.77. The van der Waals surface area contributed by atoms with Crippen molar-refractivity contribution in [3.05, 3.63) is 51.8 Å². The van der Waals surface area contributed by atoms with Crippen LogP contribution in [0.1, 0.15) is 40.5 Å². The van der Waals surface area contributed by atoms with Gasteiger partial charge in [0.05, 0.1) is 22.5 Å². The van der Waals surface area contributed by atoms with Gasteiger partial charge in [0.2, 0.25) is 0 Å². The zero-order valence-electron chi connectivity index (χ0n) is 15.9. The van der Waals surface area contributed by atoms with Gasteiger partial charge in [0, 0.05) is 31.7 Å². The van der Waals surface area contributed by atoms with Gasteiger partial charge in [0.1, 0.15) is 11.6 Å². The fourth-order valence-electron chi connectivity index (χ4n) is 3.67. The average Bonchev–Trinajstić information content (AvgIpc) is 3.28. The number of hydrogen-bond donors (Lipinski definition) is 1. The molecule has 0 fully saturated rings. The summed E-state index contributed by atoms with van der Waals surface area (Å²) < 4.78 is 20.1. The Bertz CT molecular complexity index is 1080. The molecule has 1 amide bonds. The first-order chi connectivity index (χ1) is 13.9. The number of hydrogen-bond acceptors (Lipinski definition) is 6. The van der Waals surface area contributed by atoms with Gasteiger partial charge in [-0.15, -0.1) is 0 Å². The molecule has 1 aliphatic heterocycles. The number of imidazole rings is 1. The lowest BCUT2D eigenvalue weighted by atomic mass is 10.1. The molecular weight excluding hydrogens is 417 g/mol. The zero-order valence-corrected chi connectivity index (χ0v) is 17.5. The number of aromatic nitrogens is 4. The minimum atomic E-state index is -0.623. The van der Waals surface area contributed by atoms with E-state index in [1.54, 1.807) is 4.90 Å². The number of carbonyl (C=O) groups is 1. The first-order valence-electron chi connectivity index (χ1n) is 9.17. The maximum absolute atomic E-state index is 13.8. The van der Waals surface area contributed by atoms with Crippen LogP contribution in [0.2, 0.25) is 5.02 Å². The van der Waals surface area contributed by atoms with Gasteiger partial charge in [-0.2, -0.15) is 4.37 Å². The van der Waals surface area contributed by atoms with Gasteiger partial charge in [-0.3, -0.25) is 4.79 Å². The maximum Gasteiger partial charge on any atom is 0.254 e. The van der Waals surface area contributed by atoms with Gasteiger partial charge < -0.3 is 14.6 Å². The number of aryl methyl sites for hydroxylation is 1. The molecule has 0 radical (unpaired) electrons. The van der Waals surface area contributed by atoms with Crippen LogP contribution < -0.4 is 0 Å². The van der Waals surface area contributed by atoms with Crippen molar-refractivity contribution in [1.29, 1.82) is 0 Å². The van der Waals surface area contributed by atoms with Crippen molar-refractivity contribution >= 4 is 29.0 Å². The van der Waals surface area contributed by atoms with Gasteiger partial charge >= 0.3 is 0 Å². The molecule has 3 aromatic rings. The van der Waals surface area contributed by atoms with Crippen molar-refractivity contribution in [3.8, 4) is 10.8 Å². The Morgan fingerprint density at radius 3 is 2.83 bits per heavy atom. The topological polar surface area (TPSA) is 84.1 Å². The average molecular weight is 436 g/mol. The highest BCUT2D eigenvalue weighted by atomic mass is 35.5. The highest BCUT2D eigenvalue weighted by Gasteiger charge is 2.34. The summed E-state index contributed by atoms with van der Waals surface area (Å²) >= 11 is 7.01. The number of amides is 1. The summed E-state index contributed by atoms with van der Waals surface area (Å²) in [6.07, 6.45) is 0.370. The van der Waals surface area contributed by atoms with Crippen molar-refractivity contribution < 1.29 is 14.3 Å². The monoisotopic (exact) mass is 435 g/mol. The summed E-state index contributed by atoms with van der Waals surface area (Å²) in [4.78, 5) is 23.9. The molecular formula is C19H19ClFN5O2S. The Hall–Kier alpha value is -2.36. The normalized spacial score (nSPS) is 16.2. The van der Waals surface area contributed by atoms with Gasteiger partial charge in [-0.05, 0) is 43.6 Å². The van der Waals surface area contributed by atoms with Crippen LogP contribution in [0.5, 0.6) is 0 Å². The number of rotatable bonds is 4. The lowest BCUT2D eigenvalue weighted by Gasteiger charge is -2.35. The van der Waals surface area contributed by atoms with Crippen LogP contribution in [0, 0.1) is 12.7 Å². The molecule has 3 heterocycles. The first kappa shape index (κ1) is 19.9. The smallest absolute Gasteiger partial charge is 0.254 e. The Kier molecular flexibility index (Phi) is 5.37. The molecule has 1 aromatic carbocycles. The second kappa shape index (κ2) is 7.81. The van der Waals surface area contributed by atoms with E-state index in [2.05, 4.69) is 9.36 Å². The van der Waals surface area contributed by atoms with Gasteiger partial charge in [-0.25, -0.2) is 14.4 Å². The summed E-state index contributed by atoms with van der Waals surface area (Å²) in [5.74, 6) is 0.480. The van der Waals surface area contributed by atoms with Crippen LogP contribution in [0.4, 0.5) is 4.39 Å². The number of benzene rings is 1. The minimum absolute atomic E-state index is 0.0199. The molecule has 7 nitrogen and oxygen atoms in total. The molecule has 29 heavy (non-hydrogen) atoms. The predicted octanol–water partition coefficient (Wildman–Crippen LogP) is 3.25. The molecule has 0 unspecified atom stereocenters. The van der Waals surface area contributed by atoms with Gasteiger partial charge in [-0.1, -0.05) is 11.6 Å². The molecule has 0 saturated carbocycles. The van der Waals surface area contributed by atoms with E-state index in [1.807, 2.05) is 18.4 Å². The van der Waals surface area contributed by atoms with E-state index < -0.39 is 5.82 Å². The third-order valence-corrected chi connectivity index (χ3v) is 6.11. The SMILES string of the molecule is Cc1nsc(-c2nc(CCO)c3n2CCN(C(=O)c2ccc(Cl)c(F)c2)[C@@H]3C)n1. The van der Waals surface area contributed by atoms with Crippen LogP contribution in [0.15, 0.2) is 18.2 Å². The van der Waals surface area contributed by atoms with Crippen molar-refractivity contribution in [2.24, 2.45) is 0 Å². The second-order valence-electron chi connectivity index (χ2n) is 6.84. The van der Waals surface area contributed by atoms with E-state index in [4.69, 9.17) is 16.6 Å². The van der Waals surface area contributed by atoms with E-state index in [1.165, 1.54) is 23.7 Å². The third kappa shape index (κ3) is 3.54. The molecule has 0 spiro atoms. The van der Waals surface area contributed by atoms with E-state index in [-0.39, 0.29) is 29.1 Å². The molecule has 1 aliphatic rings. The quantitative estimate of drug-likeness (QED) is 0.680. The molecule has 1 N–H and O–H groups in total. The van der Waals surface area contributed by atoms with Gasteiger partial charge in [0.15, 0.2) is 10.8 Å². The number of halogens is 2. The molecule has 10 heteroatoms. The lowest BCUT2D eigenvalue weighted by molar-refractivity contribution is 0.0643. The predicted molar refractivity (Wildman–Crippen MR) is 108 cm³/mol. The summed E-state index contributed by atoms with van der Waals surface area (Å²) in [5, 5.41) is 10.2. The van der Waals surface area contributed by atoms with Crippen LogP contribution in [0.25, 0.3) is 10.8 Å². The van der Waals surface area contributed by atoms with Crippen molar-refractivity contribution in [1.82, 2.24) is 23.8 Å². The molecule has 1 atom stereocenters. The standard InChI is InChI=1S/C19H19ClFN5O2S/c1-10-16-15(5-8-27)23-17(18-22-11(2)24-29-18)26(16)7-6-25(10)19(28)12-3-4-13(20)14(21)9-12/h3-4,9-10,27H,5-8H2,1-2H3/t10-/m1/s1. The summed E-state index contributed by atoms with van der Waals surface area (Å²) in [5.41, 5.74) is 1.83. The third-order valence-electron chi connectivity index (χ3n) is 5.01. The Morgan fingerprint density at radius 2 is 2.17 bits per heavy atom. The van der Waals surface area contributed by atoms with Crippen LogP contribution in [-0.4, -0.2) is 48.0 Å². The lowest BCUT2D eigenvalue weighted by Crippen LogP contribution is -2.41. The minimum Gasteiger partial charge on any atom is -0.396 e. The summed E-state index contributed by atoms with van der Waals surface area (Å²) in [6.45, 7) is 4.64. The molecule has 0 bridgehead atoms. The Balaban J connectivity index is 1.72. The fourth-order valence-corrected chi connectivity index (χ4v) is 4.46. The number of aliphatic hydroxyl groups excluding tert-OH is 1. The Labute approximate surface area is 176 Å². The molecule has 2 aromatic heterocycles. The molecule has 0 aliphatic carbocycles. The number of aliphatic hydroxyl groups is 1. The van der Waals surface area contributed by atoms with E-state index in [0.29, 0.717) is 36.2 Å². The maximum atomic E-state index is 13.8. The Morgan fingerprint density at radius 1 is 1.38 bits per heavy atom. The first-order valence-corrected chi connectivity index (χ1v) is 10.3. The van der Waals surface area contributed by atoms with Crippen LogP contribution >= 0.6 is 23.1 Å². The highest BCUT2D eigenvalue weighted by Crippen LogP contribution is 2.34. The number of nitrogens with zero attached hydrogens (tertiary/aromatic N) is 5. The van der Waals surface area contributed by atoms with Crippen LogP contribution in [-0.2, 0) is 13.0 Å². The molecule has 0 saturated heterocycles. The van der Waals surface area contributed by atoms with Crippen molar-refractivity contribution in [2.45, 2.75) is 32.9 Å². The van der Waals surface area contributed by atoms with E-state index in [0.717, 1.165) is 17.5 Å². The largest absolute Gasteiger partial charge is 0.396 e. The molecule has 152 valence electrons. The fraction of sp³-hybridized carbons (Fsp3) is 0.368. The highest BCUT2D eigenvalue weighted by molar-refractivity contribution is 7.09. The number of carbonyl (C=O) groups excluding carboxylic acids is 1.